The third kappa shape index (κ3) is 1.76. The second kappa shape index (κ2) is 2.73. The second-order valence-electron chi connectivity index (χ2n) is 6.62. The Bertz CT molecular complexity index is 200. The largest absolute Gasteiger partial charge is 0.389 e. The Labute approximate surface area is 82.5 Å². The molecule has 1 N–H and O–H groups in total. The van der Waals surface area contributed by atoms with Crippen molar-refractivity contribution in [3.05, 3.63) is 0 Å². The van der Waals surface area contributed by atoms with Crippen LogP contribution in [0.1, 0.15) is 54.4 Å². The van der Waals surface area contributed by atoms with Gasteiger partial charge in [0.05, 0.1) is 5.60 Å². The third-order valence-electron chi connectivity index (χ3n) is 3.72. The average Bonchev–Trinajstić information content (AvgIpc) is 2.00. The molecule has 0 bridgehead atoms. The summed E-state index contributed by atoms with van der Waals surface area (Å²) in [6, 6.07) is 0. The van der Waals surface area contributed by atoms with E-state index in [0.29, 0.717) is 11.3 Å². The summed E-state index contributed by atoms with van der Waals surface area (Å²) in [7, 11) is 0. The van der Waals surface area contributed by atoms with Gasteiger partial charge in [-0.3, -0.25) is 0 Å². The van der Waals surface area contributed by atoms with E-state index < -0.39 is 5.60 Å². The zero-order valence-electron chi connectivity index (χ0n) is 9.94. The predicted molar refractivity (Wildman–Crippen MR) is 56.6 cm³/mol. The number of hydrogen-bond donors (Lipinski definition) is 1. The fourth-order valence-corrected chi connectivity index (χ4v) is 2.98. The summed E-state index contributed by atoms with van der Waals surface area (Å²) in [5.74, 6) is 0.419. The molecule has 0 aromatic heterocycles. The zero-order valence-corrected chi connectivity index (χ0v) is 9.94. The molecule has 0 saturated heterocycles. The Morgan fingerprint density at radius 1 is 1.23 bits per heavy atom. The van der Waals surface area contributed by atoms with Crippen LogP contribution in [0.2, 0.25) is 0 Å². The van der Waals surface area contributed by atoms with Gasteiger partial charge >= 0.3 is 0 Å². The number of rotatable bonds is 0. The van der Waals surface area contributed by atoms with Gasteiger partial charge in [-0.2, -0.15) is 0 Å². The van der Waals surface area contributed by atoms with Crippen LogP contribution in [0, 0.1) is 16.7 Å². The summed E-state index contributed by atoms with van der Waals surface area (Å²) in [5.41, 5.74) is -0.169. The van der Waals surface area contributed by atoms with Gasteiger partial charge in [-0.05, 0) is 29.6 Å². The maximum Gasteiger partial charge on any atom is 0.0726 e. The fourth-order valence-electron chi connectivity index (χ4n) is 2.98. The zero-order chi connectivity index (χ0) is 10.5. The van der Waals surface area contributed by atoms with Crippen molar-refractivity contribution in [3.8, 4) is 0 Å². The van der Waals surface area contributed by atoms with E-state index in [2.05, 4.69) is 41.5 Å². The SMILES string of the molecule is CC1CC(C)(C)CC1(O)C(C)(C)C. The molecule has 1 saturated carbocycles. The molecule has 0 aliphatic heterocycles. The van der Waals surface area contributed by atoms with E-state index in [1.807, 2.05) is 0 Å². The smallest absolute Gasteiger partial charge is 0.0726 e. The first kappa shape index (κ1) is 11.0. The van der Waals surface area contributed by atoms with Gasteiger partial charge in [0, 0.05) is 0 Å². The molecule has 13 heavy (non-hydrogen) atoms. The molecule has 1 fully saturated rings. The maximum absolute atomic E-state index is 10.6. The van der Waals surface area contributed by atoms with E-state index >= 15 is 0 Å². The molecule has 2 atom stereocenters. The van der Waals surface area contributed by atoms with Crippen LogP contribution in [0.4, 0.5) is 0 Å². The minimum Gasteiger partial charge on any atom is -0.389 e. The Balaban J connectivity index is 2.94. The van der Waals surface area contributed by atoms with Gasteiger partial charge in [0.15, 0.2) is 0 Å². The first-order chi connectivity index (χ1) is 5.58. The monoisotopic (exact) mass is 184 g/mol. The molecule has 0 spiro atoms. The fraction of sp³-hybridized carbons (Fsp3) is 1.00. The van der Waals surface area contributed by atoms with E-state index in [1.165, 1.54) is 0 Å². The molecule has 1 rings (SSSR count). The van der Waals surface area contributed by atoms with Gasteiger partial charge in [0.25, 0.3) is 0 Å². The van der Waals surface area contributed by atoms with Crippen LogP contribution in [0.25, 0.3) is 0 Å². The third-order valence-corrected chi connectivity index (χ3v) is 3.72. The number of aliphatic hydroxyl groups is 1. The molecular formula is C12H24O. The summed E-state index contributed by atoms with van der Waals surface area (Å²) in [5, 5.41) is 10.6. The van der Waals surface area contributed by atoms with Crippen molar-refractivity contribution >= 4 is 0 Å². The molecule has 0 radical (unpaired) electrons. The van der Waals surface area contributed by atoms with Crippen molar-refractivity contribution in [1.82, 2.24) is 0 Å². The highest BCUT2D eigenvalue weighted by Gasteiger charge is 2.53. The first-order valence-corrected chi connectivity index (χ1v) is 5.31. The molecular weight excluding hydrogens is 160 g/mol. The summed E-state index contributed by atoms with van der Waals surface area (Å²) in [4.78, 5) is 0. The first-order valence-electron chi connectivity index (χ1n) is 5.31. The Morgan fingerprint density at radius 2 is 1.69 bits per heavy atom. The Morgan fingerprint density at radius 3 is 1.85 bits per heavy atom. The van der Waals surface area contributed by atoms with Gasteiger partial charge in [0.2, 0.25) is 0 Å². The lowest BCUT2D eigenvalue weighted by molar-refractivity contribution is -0.0867. The molecule has 1 aliphatic rings. The lowest BCUT2D eigenvalue weighted by Gasteiger charge is -2.41. The number of hydrogen-bond acceptors (Lipinski definition) is 1. The van der Waals surface area contributed by atoms with Crippen LogP contribution in [0.5, 0.6) is 0 Å². The topological polar surface area (TPSA) is 20.2 Å². The summed E-state index contributed by atoms with van der Waals surface area (Å²) in [6.07, 6.45) is 2.07. The van der Waals surface area contributed by atoms with E-state index in [4.69, 9.17) is 0 Å². The highest BCUT2D eigenvalue weighted by Crippen LogP contribution is 2.54. The Kier molecular flexibility index (Phi) is 2.31. The molecule has 78 valence electrons. The summed E-state index contributed by atoms with van der Waals surface area (Å²) in [6.45, 7) is 13.1. The van der Waals surface area contributed by atoms with Gasteiger partial charge in [-0.25, -0.2) is 0 Å². The molecule has 2 unspecified atom stereocenters. The van der Waals surface area contributed by atoms with Crippen LogP contribution in [0.15, 0.2) is 0 Å². The van der Waals surface area contributed by atoms with E-state index in [1.54, 1.807) is 0 Å². The maximum atomic E-state index is 10.6. The van der Waals surface area contributed by atoms with Gasteiger partial charge in [-0.15, -0.1) is 0 Å². The van der Waals surface area contributed by atoms with Gasteiger partial charge in [0.1, 0.15) is 0 Å². The molecule has 1 aliphatic carbocycles. The van der Waals surface area contributed by atoms with Crippen molar-refractivity contribution in [3.63, 3.8) is 0 Å². The van der Waals surface area contributed by atoms with Crippen molar-refractivity contribution in [2.45, 2.75) is 60.0 Å². The van der Waals surface area contributed by atoms with Crippen molar-refractivity contribution in [1.29, 1.82) is 0 Å². The molecule has 0 heterocycles. The highest BCUT2D eigenvalue weighted by atomic mass is 16.3. The van der Waals surface area contributed by atoms with Crippen LogP contribution < -0.4 is 0 Å². The van der Waals surface area contributed by atoms with Crippen LogP contribution in [-0.4, -0.2) is 10.7 Å². The second-order valence-corrected chi connectivity index (χ2v) is 6.62. The lowest BCUT2D eigenvalue weighted by atomic mass is 9.70. The molecule has 1 nitrogen and oxygen atoms in total. The normalized spacial score (nSPS) is 39.5. The van der Waals surface area contributed by atoms with Gasteiger partial charge in [-0.1, -0.05) is 41.5 Å². The predicted octanol–water partition coefficient (Wildman–Crippen LogP) is 3.22. The summed E-state index contributed by atoms with van der Waals surface area (Å²) < 4.78 is 0. The van der Waals surface area contributed by atoms with E-state index in [9.17, 15) is 5.11 Å². The highest BCUT2D eigenvalue weighted by molar-refractivity contribution is 5.04. The molecule has 1 heteroatoms. The minimum absolute atomic E-state index is 0.000185. The van der Waals surface area contributed by atoms with E-state index in [-0.39, 0.29) is 5.41 Å². The van der Waals surface area contributed by atoms with Crippen LogP contribution >= 0.6 is 0 Å². The Hall–Kier alpha value is -0.0400. The quantitative estimate of drug-likeness (QED) is 0.613. The molecule has 0 aromatic carbocycles. The molecule has 0 amide bonds. The van der Waals surface area contributed by atoms with Gasteiger partial charge < -0.3 is 5.11 Å². The average molecular weight is 184 g/mol. The summed E-state index contributed by atoms with van der Waals surface area (Å²) >= 11 is 0. The van der Waals surface area contributed by atoms with Crippen molar-refractivity contribution in [2.24, 2.45) is 16.7 Å². The standard InChI is InChI=1S/C12H24O/c1-9-7-11(5,6)8-12(9,13)10(2,3)4/h9,13H,7-8H2,1-6H3. The van der Waals surface area contributed by atoms with Crippen molar-refractivity contribution < 1.29 is 5.11 Å². The van der Waals surface area contributed by atoms with Crippen molar-refractivity contribution in [2.75, 3.05) is 0 Å². The molecule has 0 aromatic rings. The van der Waals surface area contributed by atoms with Crippen LogP contribution in [0.3, 0.4) is 0 Å². The lowest BCUT2D eigenvalue weighted by Crippen LogP contribution is -2.45. The van der Waals surface area contributed by atoms with Crippen LogP contribution in [-0.2, 0) is 0 Å². The van der Waals surface area contributed by atoms with E-state index in [0.717, 1.165) is 12.8 Å². The minimum atomic E-state index is -0.476.